The molecule has 1 aromatic carbocycles. The molecule has 5 heteroatoms. The molecular formula is C12H16O3S2. The van der Waals surface area contributed by atoms with Gasteiger partial charge in [-0.05, 0) is 18.6 Å². The Labute approximate surface area is 110 Å². The van der Waals surface area contributed by atoms with E-state index >= 15 is 0 Å². The summed E-state index contributed by atoms with van der Waals surface area (Å²) in [7, 11) is 1.35. The second kappa shape index (κ2) is 5.69. The van der Waals surface area contributed by atoms with Crippen molar-refractivity contribution in [1.29, 1.82) is 0 Å². The number of rotatable bonds is 4. The Morgan fingerprint density at radius 1 is 1.47 bits per heavy atom. The van der Waals surface area contributed by atoms with Crippen LogP contribution in [0.5, 0.6) is 0 Å². The van der Waals surface area contributed by atoms with Gasteiger partial charge in [-0.3, -0.25) is 0 Å². The molecule has 0 aliphatic heterocycles. The Hall–Kier alpha value is -0.810. The molecule has 0 spiro atoms. The summed E-state index contributed by atoms with van der Waals surface area (Å²) < 4.78 is 4.85. The topological polar surface area (TPSA) is 46.5 Å². The summed E-state index contributed by atoms with van der Waals surface area (Å²) in [6.07, 6.45) is -1.68. The average molecular weight is 272 g/mol. The Bertz CT molecular complexity index is 404. The summed E-state index contributed by atoms with van der Waals surface area (Å²) in [5.74, 6) is 0. The lowest BCUT2D eigenvalue weighted by molar-refractivity contribution is 0.0290. The van der Waals surface area contributed by atoms with E-state index in [0.29, 0.717) is 0 Å². The third kappa shape index (κ3) is 3.33. The van der Waals surface area contributed by atoms with E-state index in [2.05, 4.69) is 11.7 Å². The van der Waals surface area contributed by atoms with E-state index in [-0.39, 0.29) is 0 Å². The fourth-order valence-corrected chi connectivity index (χ4v) is 2.64. The van der Waals surface area contributed by atoms with Crippen molar-refractivity contribution in [2.75, 3.05) is 0 Å². The lowest BCUT2D eigenvalue weighted by Gasteiger charge is -2.32. The fourth-order valence-electron chi connectivity index (χ4n) is 1.60. The van der Waals surface area contributed by atoms with Crippen molar-refractivity contribution >= 4 is 28.6 Å². The van der Waals surface area contributed by atoms with Gasteiger partial charge in [0, 0.05) is 10.3 Å². The maximum absolute atomic E-state index is 10.6. The third-order valence-electron chi connectivity index (χ3n) is 2.97. The molecule has 0 aliphatic rings. The molecule has 1 atom stereocenters. The molecule has 0 radical (unpaired) electrons. The van der Waals surface area contributed by atoms with Crippen LogP contribution in [0.15, 0.2) is 29.2 Å². The van der Waals surface area contributed by atoms with Gasteiger partial charge in [0.15, 0.2) is 0 Å². The van der Waals surface area contributed by atoms with Crippen LogP contribution in [0.4, 0.5) is 4.79 Å². The van der Waals surface area contributed by atoms with Crippen molar-refractivity contribution in [3.63, 3.8) is 0 Å². The first-order valence-corrected chi connectivity index (χ1v) is 7.07. The quantitative estimate of drug-likeness (QED) is 0.494. The third-order valence-corrected chi connectivity index (χ3v) is 4.12. The number of carboxylic acid groups (broad SMARTS) is 1. The van der Waals surface area contributed by atoms with Crippen LogP contribution in [-0.2, 0) is 10.2 Å². The maximum atomic E-state index is 10.6. The largest absolute Gasteiger partial charge is 0.506 e. The minimum absolute atomic E-state index is 0.398. The molecule has 17 heavy (non-hydrogen) atoms. The van der Waals surface area contributed by atoms with Crippen LogP contribution in [0.25, 0.3) is 0 Å². The van der Waals surface area contributed by atoms with Crippen molar-refractivity contribution in [2.45, 2.75) is 37.2 Å². The molecule has 0 bridgehead atoms. The summed E-state index contributed by atoms with van der Waals surface area (Å²) in [4.78, 5) is 11.6. The molecule has 1 aromatic rings. The van der Waals surface area contributed by atoms with Crippen molar-refractivity contribution in [1.82, 2.24) is 0 Å². The molecule has 0 aliphatic carbocycles. The first-order valence-electron chi connectivity index (χ1n) is 5.20. The molecule has 0 fully saturated rings. The van der Waals surface area contributed by atoms with Gasteiger partial charge in [0.1, 0.15) is 6.10 Å². The predicted molar refractivity (Wildman–Crippen MR) is 72.9 cm³/mol. The Balaban J connectivity index is 3.06. The molecule has 0 heterocycles. The van der Waals surface area contributed by atoms with Crippen molar-refractivity contribution in [3.8, 4) is 0 Å². The summed E-state index contributed by atoms with van der Waals surface area (Å²) in [6, 6.07) is 7.79. The highest BCUT2D eigenvalue weighted by Crippen LogP contribution is 2.37. The average Bonchev–Trinajstić information content (AvgIpc) is 2.28. The molecule has 1 rings (SSSR count). The summed E-state index contributed by atoms with van der Waals surface area (Å²) in [6.45, 7) is 5.68. The molecule has 0 saturated heterocycles. The number of benzene rings is 1. The number of carbonyl (C=O) groups is 1. The van der Waals surface area contributed by atoms with E-state index in [9.17, 15) is 4.79 Å². The molecular weight excluding hydrogens is 256 g/mol. The van der Waals surface area contributed by atoms with Crippen LogP contribution in [0.1, 0.15) is 26.3 Å². The molecule has 1 N–H and O–H groups in total. The van der Waals surface area contributed by atoms with Crippen molar-refractivity contribution < 1.29 is 14.6 Å². The zero-order valence-electron chi connectivity index (χ0n) is 10.0. The van der Waals surface area contributed by atoms with Crippen LogP contribution in [-0.4, -0.2) is 17.4 Å². The fraction of sp³-hybridized carbons (Fsp3) is 0.417. The monoisotopic (exact) mass is 272 g/mol. The van der Waals surface area contributed by atoms with E-state index in [0.717, 1.165) is 10.5 Å². The summed E-state index contributed by atoms with van der Waals surface area (Å²) >= 11 is 4.21. The number of thiol groups is 1. The Morgan fingerprint density at radius 2 is 2.06 bits per heavy atom. The van der Waals surface area contributed by atoms with Crippen LogP contribution < -0.4 is 0 Å². The van der Waals surface area contributed by atoms with Gasteiger partial charge < -0.3 is 9.84 Å². The lowest BCUT2D eigenvalue weighted by atomic mass is 9.80. The first-order chi connectivity index (χ1) is 7.89. The predicted octanol–water partition coefficient (Wildman–Crippen LogP) is 3.98. The minimum atomic E-state index is -1.25. The zero-order valence-corrected chi connectivity index (χ0v) is 11.7. The lowest BCUT2D eigenvalue weighted by Crippen LogP contribution is -2.35. The molecule has 0 amide bonds. The normalized spacial score (nSPS) is 13.2. The second-order valence-corrected chi connectivity index (χ2v) is 5.51. The Morgan fingerprint density at radius 3 is 2.59 bits per heavy atom. The number of hydrogen-bond acceptors (Lipinski definition) is 4. The molecule has 0 saturated carbocycles. The van der Waals surface area contributed by atoms with Gasteiger partial charge in [0.05, 0.1) is 0 Å². The van der Waals surface area contributed by atoms with Crippen molar-refractivity contribution in [3.05, 3.63) is 29.8 Å². The number of ether oxygens (including phenoxy) is 1. The molecule has 3 nitrogen and oxygen atoms in total. The first kappa shape index (κ1) is 14.3. The molecule has 0 aromatic heterocycles. The smallest absolute Gasteiger partial charge is 0.450 e. The van der Waals surface area contributed by atoms with E-state index in [4.69, 9.17) is 9.84 Å². The maximum Gasteiger partial charge on any atom is 0.506 e. The van der Waals surface area contributed by atoms with Crippen LogP contribution in [0.2, 0.25) is 0 Å². The highest BCUT2D eigenvalue weighted by molar-refractivity contribution is 8.68. The van der Waals surface area contributed by atoms with Crippen LogP contribution in [0, 0.1) is 0 Å². The van der Waals surface area contributed by atoms with Gasteiger partial charge in [-0.2, -0.15) is 0 Å². The standard InChI is InChI=1S/C12H16O3S2/c1-8(15-11(13)14)12(2,3)9-6-4-5-7-10(9)17-16/h4-8,16H,1-3H3,(H,13,14). The highest BCUT2D eigenvalue weighted by Gasteiger charge is 2.32. The van der Waals surface area contributed by atoms with Gasteiger partial charge in [0.25, 0.3) is 0 Å². The van der Waals surface area contributed by atoms with E-state index in [1.807, 2.05) is 38.1 Å². The van der Waals surface area contributed by atoms with Gasteiger partial charge in [-0.15, -0.1) is 11.7 Å². The van der Waals surface area contributed by atoms with Gasteiger partial charge in [0.2, 0.25) is 0 Å². The highest BCUT2D eigenvalue weighted by atomic mass is 33.1. The molecule has 1 unspecified atom stereocenters. The van der Waals surface area contributed by atoms with Gasteiger partial charge >= 0.3 is 6.16 Å². The van der Waals surface area contributed by atoms with Crippen LogP contribution in [0.3, 0.4) is 0 Å². The summed E-state index contributed by atoms with van der Waals surface area (Å²) in [5, 5.41) is 8.68. The van der Waals surface area contributed by atoms with E-state index in [1.54, 1.807) is 6.92 Å². The van der Waals surface area contributed by atoms with Crippen molar-refractivity contribution in [2.24, 2.45) is 0 Å². The van der Waals surface area contributed by atoms with E-state index in [1.165, 1.54) is 10.8 Å². The van der Waals surface area contributed by atoms with Gasteiger partial charge in [-0.1, -0.05) is 42.8 Å². The minimum Gasteiger partial charge on any atom is -0.450 e. The molecule has 94 valence electrons. The Kier molecular flexibility index (Phi) is 4.77. The zero-order chi connectivity index (χ0) is 13.1. The second-order valence-electron chi connectivity index (χ2n) is 4.34. The van der Waals surface area contributed by atoms with Gasteiger partial charge in [-0.25, -0.2) is 4.79 Å². The SMILES string of the molecule is CC(OC(=O)O)C(C)(C)c1ccccc1SS. The van der Waals surface area contributed by atoms with E-state index < -0.39 is 17.7 Å². The number of hydrogen-bond donors (Lipinski definition) is 2. The van der Waals surface area contributed by atoms with Crippen LogP contribution >= 0.6 is 22.5 Å². The summed E-state index contributed by atoms with van der Waals surface area (Å²) in [5.41, 5.74) is 0.638.